The van der Waals surface area contributed by atoms with E-state index in [1.54, 1.807) is 14.2 Å². The molecule has 166 valence electrons. The molecule has 3 rings (SSSR count). The smallest absolute Gasteiger partial charge is 0.299 e. The van der Waals surface area contributed by atoms with Crippen molar-refractivity contribution in [2.24, 2.45) is 0 Å². The van der Waals surface area contributed by atoms with Gasteiger partial charge in [0.1, 0.15) is 5.69 Å². The van der Waals surface area contributed by atoms with Crippen LogP contribution in [0.1, 0.15) is 11.6 Å². The van der Waals surface area contributed by atoms with Crippen molar-refractivity contribution in [1.82, 2.24) is 4.90 Å². The fourth-order valence-corrected chi connectivity index (χ4v) is 3.55. The molecular formula is C20H24N4O7. The molecule has 11 nitrogen and oxygen atoms in total. The maximum atomic E-state index is 11.5. The van der Waals surface area contributed by atoms with Crippen LogP contribution in [0.25, 0.3) is 0 Å². The molecule has 2 aromatic carbocycles. The summed E-state index contributed by atoms with van der Waals surface area (Å²) in [5.41, 5.74) is 0.482. The normalized spacial score (nSPS) is 15.2. The average Bonchev–Trinajstić information content (AvgIpc) is 2.79. The first-order valence-corrected chi connectivity index (χ1v) is 9.65. The highest BCUT2D eigenvalue weighted by Crippen LogP contribution is 2.34. The monoisotopic (exact) mass is 432 g/mol. The minimum absolute atomic E-state index is 0.140. The van der Waals surface area contributed by atoms with Gasteiger partial charge in [-0.1, -0.05) is 6.07 Å². The third kappa shape index (κ3) is 5.19. The molecule has 0 amide bonds. The predicted molar refractivity (Wildman–Crippen MR) is 113 cm³/mol. The van der Waals surface area contributed by atoms with Crippen LogP contribution >= 0.6 is 0 Å². The van der Waals surface area contributed by atoms with Crippen molar-refractivity contribution in [3.05, 3.63) is 62.2 Å². The van der Waals surface area contributed by atoms with Gasteiger partial charge < -0.3 is 19.5 Å². The maximum absolute atomic E-state index is 11.5. The number of hydrogen-bond acceptors (Lipinski definition) is 9. The van der Waals surface area contributed by atoms with Gasteiger partial charge in [0.2, 0.25) is 0 Å². The Balaban J connectivity index is 1.90. The minimum atomic E-state index is -0.656. The Bertz CT molecular complexity index is 947. The van der Waals surface area contributed by atoms with Gasteiger partial charge in [-0.2, -0.15) is 0 Å². The molecule has 1 atom stereocenters. The SMILES string of the molecule is COc1ccc(C(CNc2ccc([N+](=O)[O-])cc2[N+](=O)[O-])N2CCOCC2)cc1OC. The van der Waals surface area contributed by atoms with Gasteiger partial charge in [0, 0.05) is 25.7 Å². The molecule has 0 radical (unpaired) electrons. The fraction of sp³-hybridized carbons (Fsp3) is 0.400. The van der Waals surface area contributed by atoms with Crippen LogP contribution in [0.15, 0.2) is 36.4 Å². The lowest BCUT2D eigenvalue weighted by Gasteiger charge is -2.35. The first-order valence-electron chi connectivity index (χ1n) is 9.65. The van der Waals surface area contributed by atoms with Crippen molar-refractivity contribution < 1.29 is 24.1 Å². The van der Waals surface area contributed by atoms with Gasteiger partial charge in [-0.3, -0.25) is 25.1 Å². The second-order valence-electron chi connectivity index (χ2n) is 6.88. The number of ether oxygens (including phenoxy) is 3. The molecule has 1 N–H and O–H groups in total. The molecule has 1 fully saturated rings. The first kappa shape index (κ1) is 22.2. The van der Waals surface area contributed by atoms with Gasteiger partial charge in [0.25, 0.3) is 11.4 Å². The van der Waals surface area contributed by atoms with Crippen LogP contribution in [0.5, 0.6) is 11.5 Å². The number of nitro benzene ring substituents is 2. The number of nitro groups is 2. The summed E-state index contributed by atoms with van der Waals surface area (Å²) < 4.78 is 16.2. The summed E-state index contributed by atoms with van der Waals surface area (Å²) in [5.74, 6) is 1.19. The van der Waals surface area contributed by atoms with Crippen LogP contribution < -0.4 is 14.8 Å². The fourth-order valence-electron chi connectivity index (χ4n) is 3.55. The number of anilines is 1. The van der Waals surface area contributed by atoms with E-state index in [9.17, 15) is 20.2 Å². The topological polar surface area (TPSA) is 129 Å². The van der Waals surface area contributed by atoms with Crippen molar-refractivity contribution in [2.75, 3.05) is 52.4 Å². The Hall–Kier alpha value is -3.44. The Morgan fingerprint density at radius 2 is 1.74 bits per heavy atom. The van der Waals surface area contributed by atoms with Gasteiger partial charge in [-0.05, 0) is 23.8 Å². The second kappa shape index (κ2) is 10.0. The van der Waals surface area contributed by atoms with E-state index in [0.29, 0.717) is 44.3 Å². The summed E-state index contributed by atoms with van der Waals surface area (Å²) in [7, 11) is 3.12. The lowest BCUT2D eigenvalue weighted by atomic mass is 10.0. The van der Waals surface area contributed by atoms with Crippen LogP contribution in [-0.2, 0) is 4.74 Å². The Labute approximate surface area is 178 Å². The molecule has 0 aromatic heterocycles. The average molecular weight is 432 g/mol. The largest absolute Gasteiger partial charge is 0.493 e. The molecule has 0 spiro atoms. The highest BCUT2D eigenvalue weighted by molar-refractivity contribution is 5.65. The van der Waals surface area contributed by atoms with E-state index in [4.69, 9.17) is 14.2 Å². The number of non-ortho nitro benzene ring substituents is 1. The van der Waals surface area contributed by atoms with E-state index in [1.807, 2.05) is 18.2 Å². The first-order chi connectivity index (χ1) is 14.9. The number of morpholine rings is 1. The molecule has 31 heavy (non-hydrogen) atoms. The van der Waals surface area contributed by atoms with Crippen molar-refractivity contribution in [3.63, 3.8) is 0 Å². The number of benzene rings is 2. The molecule has 1 aliphatic rings. The summed E-state index contributed by atoms with van der Waals surface area (Å²) in [5, 5.41) is 25.5. The summed E-state index contributed by atoms with van der Waals surface area (Å²) in [4.78, 5) is 23.4. The molecule has 0 bridgehead atoms. The summed E-state index contributed by atoms with van der Waals surface area (Å²) in [6.07, 6.45) is 0. The van der Waals surface area contributed by atoms with Gasteiger partial charge in [0.05, 0.1) is 49.4 Å². The number of hydrogen-bond donors (Lipinski definition) is 1. The van der Waals surface area contributed by atoms with Gasteiger partial charge in [0.15, 0.2) is 11.5 Å². The molecule has 0 aliphatic carbocycles. The lowest BCUT2D eigenvalue weighted by Crippen LogP contribution is -2.41. The van der Waals surface area contributed by atoms with Crippen LogP contribution in [0.3, 0.4) is 0 Å². The highest BCUT2D eigenvalue weighted by atomic mass is 16.6. The summed E-state index contributed by atoms with van der Waals surface area (Å²) in [6, 6.07) is 9.05. The number of rotatable bonds is 9. The van der Waals surface area contributed by atoms with Crippen LogP contribution in [0.4, 0.5) is 17.1 Å². The summed E-state index contributed by atoms with van der Waals surface area (Å²) >= 11 is 0. The van der Waals surface area contributed by atoms with Crippen molar-refractivity contribution >= 4 is 17.1 Å². The lowest BCUT2D eigenvalue weighted by molar-refractivity contribution is -0.393. The highest BCUT2D eigenvalue weighted by Gasteiger charge is 2.26. The summed E-state index contributed by atoms with van der Waals surface area (Å²) in [6.45, 7) is 2.91. The van der Waals surface area contributed by atoms with E-state index in [1.165, 1.54) is 12.1 Å². The van der Waals surface area contributed by atoms with Crippen LogP contribution in [0, 0.1) is 20.2 Å². The van der Waals surface area contributed by atoms with Crippen molar-refractivity contribution in [3.8, 4) is 11.5 Å². The van der Waals surface area contributed by atoms with Crippen LogP contribution in [0.2, 0.25) is 0 Å². The Morgan fingerprint density at radius 1 is 1.03 bits per heavy atom. The molecule has 0 saturated carbocycles. The van der Waals surface area contributed by atoms with Gasteiger partial charge in [-0.15, -0.1) is 0 Å². The van der Waals surface area contributed by atoms with E-state index in [0.717, 1.165) is 11.6 Å². The maximum Gasteiger partial charge on any atom is 0.299 e. The predicted octanol–water partition coefficient (Wildman–Crippen LogP) is 3.01. The zero-order valence-electron chi connectivity index (χ0n) is 17.3. The zero-order chi connectivity index (χ0) is 22.4. The van der Waals surface area contributed by atoms with Crippen molar-refractivity contribution in [2.45, 2.75) is 6.04 Å². The molecule has 11 heteroatoms. The van der Waals surface area contributed by atoms with Gasteiger partial charge in [-0.25, -0.2) is 0 Å². The molecule has 1 saturated heterocycles. The quantitative estimate of drug-likeness (QED) is 0.469. The molecule has 1 aliphatic heterocycles. The van der Waals surface area contributed by atoms with E-state index in [2.05, 4.69) is 10.2 Å². The molecule has 1 unspecified atom stereocenters. The van der Waals surface area contributed by atoms with E-state index in [-0.39, 0.29) is 23.1 Å². The van der Waals surface area contributed by atoms with E-state index >= 15 is 0 Å². The Kier molecular flexibility index (Phi) is 7.21. The number of methoxy groups -OCH3 is 2. The number of nitrogens with one attached hydrogen (secondary N) is 1. The standard InChI is InChI=1S/C20H24N4O7/c1-29-19-6-3-14(11-20(19)30-2)18(22-7-9-31-10-8-22)13-21-16-5-4-15(23(25)26)12-17(16)24(27)28/h3-6,11-12,18,21H,7-10,13H2,1-2H3. The van der Waals surface area contributed by atoms with Crippen LogP contribution in [-0.4, -0.2) is 61.8 Å². The third-order valence-electron chi connectivity index (χ3n) is 5.15. The minimum Gasteiger partial charge on any atom is -0.493 e. The molecular weight excluding hydrogens is 408 g/mol. The number of nitrogens with zero attached hydrogens (tertiary/aromatic N) is 3. The van der Waals surface area contributed by atoms with Gasteiger partial charge >= 0.3 is 0 Å². The zero-order valence-corrected chi connectivity index (χ0v) is 17.3. The van der Waals surface area contributed by atoms with E-state index < -0.39 is 9.85 Å². The second-order valence-corrected chi connectivity index (χ2v) is 6.88. The Morgan fingerprint density at radius 3 is 2.35 bits per heavy atom. The molecule has 1 heterocycles. The third-order valence-corrected chi connectivity index (χ3v) is 5.15. The van der Waals surface area contributed by atoms with Crippen molar-refractivity contribution in [1.29, 1.82) is 0 Å². The molecule has 2 aromatic rings.